The SMILES string of the molecule is CCCCn1cc[n+](C[C@H](C)OCc2ccccc2)c1. The highest BCUT2D eigenvalue weighted by molar-refractivity contribution is 5.13. The highest BCUT2D eigenvalue weighted by Crippen LogP contribution is 2.03. The molecule has 3 heteroatoms. The topological polar surface area (TPSA) is 18.0 Å². The maximum Gasteiger partial charge on any atom is 0.243 e. The van der Waals surface area contributed by atoms with E-state index < -0.39 is 0 Å². The molecule has 2 rings (SSSR count). The molecule has 0 unspecified atom stereocenters. The number of aromatic nitrogens is 2. The maximum atomic E-state index is 5.89. The lowest BCUT2D eigenvalue weighted by Crippen LogP contribution is -2.37. The van der Waals surface area contributed by atoms with Crippen molar-refractivity contribution < 1.29 is 9.30 Å². The molecule has 0 bridgehead atoms. The molecule has 0 N–H and O–H groups in total. The molecule has 1 aromatic carbocycles. The minimum Gasteiger partial charge on any atom is -0.370 e. The molecule has 0 saturated carbocycles. The Balaban J connectivity index is 1.76. The van der Waals surface area contributed by atoms with Gasteiger partial charge in [0.25, 0.3) is 0 Å². The molecule has 1 aromatic heterocycles. The third kappa shape index (κ3) is 4.82. The van der Waals surface area contributed by atoms with Gasteiger partial charge in [0.05, 0.1) is 19.3 Å². The largest absolute Gasteiger partial charge is 0.370 e. The Labute approximate surface area is 121 Å². The fourth-order valence-electron chi connectivity index (χ4n) is 2.18. The van der Waals surface area contributed by atoms with Crippen molar-refractivity contribution in [2.75, 3.05) is 0 Å². The van der Waals surface area contributed by atoms with Crippen LogP contribution in [0.5, 0.6) is 0 Å². The number of imidazole rings is 1. The van der Waals surface area contributed by atoms with Crippen molar-refractivity contribution in [2.45, 2.75) is 52.5 Å². The van der Waals surface area contributed by atoms with Gasteiger partial charge in [-0.05, 0) is 18.9 Å². The average molecular weight is 273 g/mol. The summed E-state index contributed by atoms with van der Waals surface area (Å²) in [4.78, 5) is 0. The Morgan fingerprint density at radius 1 is 1.25 bits per heavy atom. The van der Waals surface area contributed by atoms with E-state index in [2.05, 4.69) is 53.8 Å². The van der Waals surface area contributed by atoms with Crippen molar-refractivity contribution in [3.05, 3.63) is 54.6 Å². The van der Waals surface area contributed by atoms with Crippen LogP contribution in [0, 0.1) is 0 Å². The average Bonchev–Trinajstić information content (AvgIpc) is 2.91. The first-order chi connectivity index (χ1) is 9.78. The second-order valence-corrected chi connectivity index (χ2v) is 5.31. The van der Waals surface area contributed by atoms with Gasteiger partial charge < -0.3 is 4.74 Å². The first kappa shape index (κ1) is 14.8. The van der Waals surface area contributed by atoms with E-state index in [1.54, 1.807) is 0 Å². The van der Waals surface area contributed by atoms with Crippen molar-refractivity contribution in [1.82, 2.24) is 4.57 Å². The lowest BCUT2D eigenvalue weighted by atomic mass is 10.2. The van der Waals surface area contributed by atoms with Crippen LogP contribution < -0.4 is 4.57 Å². The number of unbranched alkanes of at least 4 members (excludes halogenated alkanes) is 1. The molecule has 1 heterocycles. The number of ether oxygens (including phenoxy) is 1. The number of rotatable bonds is 8. The molecule has 0 spiro atoms. The van der Waals surface area contributed by atoms with Crippen molar-refractivity contribution in [1.29, 1.82) is 0 Å². The zero-order valence-electron chi connectivity index (χ0n) is 12.5. The minimum absolute atomic E-state index is 0.210. The number of nitrogens with zero attached hydrogens (tertiary/aromatic N) is 2. The molecule has 20 heavy (non-hydrogen) atoms. The molecule has 0 aliphatic rings. The lowest BCUT2D eigenvalue weighted by molar-refractivity contribution is -0.703. The first-order valence-electron chi connectivity index (χ1n) is 7.48. The van der Waals surface area contributed by atoms with Gasteiger partial charge in [0, 0.05) is 0 Å². The fraction of sp³-hybridized carbons (Fsp3) is 0.471. The van der Waals surface area contributed by atoms with Gasteiger partial charge >= 0.3 is 0 Å². The van der Waals surface area contributed by atoms with Crippen LogP contribution in [0.2, 0.25) is 0 Å². The third-order valence-corrected chi connectivity index (χ3v) is 3.36. The van der Waals surface area contributed by atoms with Gasteiger partial charge in [0.15, 0.2) is 0 Å². The molecule has 0 fully saturated rings. The summed E-state index contributed by atoms with van der Waals surface area (Å²) >= 11 is 0. The van der Waals surface area contributed by atoms with Crippen LogP contribution in [0.15, 0.2) is 49.1 Å². The quantitative estimate of drug-likeness (QED) is 0.676. The van der Waals surface area contributed by atoms with Crippen LogP contribution in [0.4, 0.5) is 0 Å². The van der Waals surface area contributed by atoms with Crippen LogP contribution >= 0.6 is 0 Å². The van der Waals surface area contributed by atoms with Crippen molar-refractivity contribution in [3.8, 4) is 0 Å². The summed E-state index contributed by atoms with van der Waals surface area (Å²) < 4.78 is 10.3. The van der Waals surface area contributed by atoms with Crippen molar-refractivity contribution in [2.24, 2.45) is 0 Å². The highest BCUT2D eigenvalue weighted by Gasteiger charge is 2.09. The van der Waals surface area contributed by atoms with Crippen LogP contribution in [-0.4, -0.2) is 10.7 Å². The number of hydrogen-bond acceptors (Lipinski definition) is 1. The standard InChI is InChI=1S/C17H25N2O/c1-3-4-10-18-11-12-19(15-18)13-16(2)20-14-17-8-6-5-7-9-17/h5-9,11-12,15-16H,3-4,10,13-14H2,1-2H3/q+1/t16-/m0/s1. The Hall–Kier alpha value is -1.61. The zero-order valence-corrected chi connectivity index (χ0v) is 12.5. The normalized spacial score (nSPS) is 12.5. The Kier molecular flexibility index (Phi) is 5.81. The number of benzene rings is 1. The smallest absolute Gasteiger partial charge is 0.243 e. The molecule has 1 atom stereocenters. The van der Waals surface area contributed by atoms with E-state index in [0.29, 0.717) is 6.61 Å². The Morgan fingerprint density at radius 3 is 2.80 bits per heavy atom. The predicted molar refractivity (Wildman–Crippen MR) is 80.2 cm³/mol. The van der Waals surface area contributed by atoms with E-state index in [4.69, 9.17) is 4.74 Å². The van der Waals surface area contributed by atoms with E-state index >= 15 is 0 Å². The summed E-state index contributed by atoms with van der Waals surface area (Å²) in [5.74, 6) is 0. The van der Waals surface area contributed by atoms with E-state index in [1.807, 2.05) is 18.2 Å². The Bertz CT molecular complexity index is 493. The van der Waals surface area contributed by atoms with E-state index in [9.17, 15) is 0 Å². The molecule has 0 radical (unpaired) electrons. The van der Waals surface area contributed by atoms with Crippen LogP contribution in [-0.2, 0) is 24.4 Å². The molecule has 2 aromatic rings. The van der Waals surface area contributed by atoms with Gasteiger partial charge in [0.2, 0.25) is 6.33 Å². The first-order valence-corrected chi connectivity index (χ1v) is 7.48. The number of aryl methyl sites for hydroxylation is 1. The van der Waals surface area contributed by atoms with Crippen molar-refractivity contribution >= 4 is 0 Å². The second kappa shape index (κ2) is 7.85. The van der Waals surface area contributed by atoms with Gasteiger partial charge in [0.1, 0.15) is 18.9 Å². The molecule has 0 aliphatic carbocycles. The molecule has 0 saturated heterocycles. The summed E-state index contributed by atoms with van der Waals surface area (Å²) in [6, 6.07) is 10.3. The fourth-order valence-corrected chi connectivity index (χ4v) is 2.18. The summed E-state index contributed by atoms with van der Waals surface area (Å²) in [6.45, 7) is 7.02. The predicted octanol–water partition coefficient (Wildman–Crippen LogP) is 3.18. The van der Waals surface area contributed by atoms with Gasteiger partial charge in [-0.1, -0.05) is 43.7 Å². The summed E-state index contributed by atoms with van der Waals surface area (Å²) in [7, 11) is 0. The van der Waals surface area contributed by atoms with E-state index in [1.165, 1.54) is 18.4 Å². The maximum absolute atomic E-state index is 5.89. The summed E-state index contributed by atoms with van der Waals surface area (Å²) in [5.41, 5.74) is 1.23. The van der Waals surface area contributed by atoms with Gasteiger partial charge in [-0.2, -0.15) is 0 Å². The van der Waals surface area contributed by atoms with Crippen LogP contribution in [0.25, 0.3) is 0 Å². The van der Waals surface area contributed by atoms with Gasteiger partial charge in [-0.15, -0.1) is 0 Å². The molecule has 0 aliphatic heterocycles. The number of hydrogen-bond donors (Lipinski definition) is 0. The summed E-state index contributed by atoms with van der Waals surface area (Å²) in [6.07, 6.45) is 9.10. The molecule has 3 nitrogen and oxygen atoms in total. The zero-order chi connectivity index (χ0) is 14.2. The van der Waals surface area contributed by atoms with Gasteiger partial charge in [-0.3, -0.25) is 0 Å². The minimum atomic E-state index is 0.210. The lowest BCUT2D eigenvalue weighted by Gasteiger charge is -2.10. The molecular weight excluding hydrogens is 248 g/mol. The highest BCUT2D eigenvalue weighted by atomic mass is 16.5. The second-order valence-electron chi connectivity index (χ2n) is 5.31. The monoisotopic (exact) mass is 273 g/mol. The van der Waals surface area contributed by atoms with Crippen LogP contribution in [0.1, 0.15) is 32.3 Å². The van der Waals surface area contributed by atoms with E-state index in [-0.39, 0.29) is 6.10 Å². The van der Waals surface area contributed by atoms with Crippen LogP contribution in [0.3, 0.4) is 0 Å². The Morgan fingerprint density at radius 2 is 2.05 bits per heavy atom. The summed E-state index contributed by atoms with van der Waals surface area (Å²) in [5, 5.41) is 0. The molecular formula is C17H25N2O+. The van der Waals surface area contributed by atoms with E-state index in [0.717, 1.165) is 13.1 Å². The molecule has 108 valence electrons. The molecule has 0 amide bonds. The van der Waals surface area contributed by atoms with Crippen molar-refractivity contribution in [3.63, 3.8) is 0 Å². The third-order valence-electron chi connectivity index (χ3n) is 3.36. The van der Waals surface area contributed by atoms with Gasteiger partial charge in [-0.25, -0.2) is 9.13 Å².